The molecule has 8 nitrogen and oxygen atoms in total. The van der Waals surface area contributed by atoms with Crippen LogP contribution in [0.4, 0.5) is 10.1 Å². The van der Waals surface area contributed by atoms with E-state index in [1.54, 1.807) is 18.2 Å². The first-order chi connectivity index (χ1) is 16.4. The smallest absolute Gasteiger partial charge is 0.245 e. The molecule has 35 heavy (non-hydrogen) atoms. The van der Waals surface area contributed by atoms with Crippen molar-refractivity contribution in [3.05, 3.63) is 75.0 Å². The van der Waals surface area contributed by atoms with Gasteiger partial charge in [-0.2, -0.15) is 4.72 Å². The SMILES string of the molecule is NS(=O)(=O)c1ccccc1-c1ccc(N2CC[C@H](NS(=O)(=O)/C=C/c3ccc(Cl)s3)C2=O)c(F)c1. The van der Waals surface area contributed by atoms with Gasteiger partial charge in [0.2, 0.25) is 26.0 Å². The van der Waals surface area contributed by atoms with Gasteiger partial charge in [0.1, 0.15) is 11.9 Å². The average molecular weight is 556 g/mol. The molecule has 1 aliphatic heterocycles. The number of hydrogen-bond acceptors (Lipinski definition) is 6. The molecule has 1 saturated heterocycles. The number of anilines is 1. The van der Waals surface area contributed by atoms with Crippen LogP contribution in [0.25, 0.3) is 17.2 Å². The molecular weight excluding hydrogens is 537 g/mol. The fourth-order valence-corrected chi connectivity index (χ4v) is 6.52. The molecule has 1 amide bonds. The molecule has 2 heterocycles. The summed E-state index contributed by atoms with van der Waals surface area (Å²) in [5.41, 5.74) is 0.438. The van der Waals surface area contributed by atoms with Crippen LogP contribution in [0.3, 0.4) is 0 Å². The summed E-state index contributed by atoms with van der Waals surface area (Å²) in [4.78, 5) is 14.5. The highest BCUT2D eigenvalue weighted by molar-refractivity contribution is 7.92. The third-order valence-electron chi connectivity index (χ3n) is 5.26. The van der Waals surface area contributed by atoms with Gasteiger partial charge in [-0.1, -0.05) is 35.9 Å². The zero-order valence-electron chi connectivity index (χ0n) is 17.9. The van der Waals surface area contributed by atoms with Crippen LogP contribution < -0.4 is 14.8 Å². The lowest BCUT2D eigenvalue weighted by atomic mass is 10.0. The second-order valence-corrected chi connectivity index (χ2v) is 12.5. The van der Waals surface area contributed by atoms with Crippen molar-refractivity contribution in [2.45, 2.75) is 17.4 Å². The Kier molecular flexibility index (Phi) is 7.13. The molecule has 1 aromatic heterocycles. The quantitative estimate of drug-likeness (QED) is 0.461. The number of halogens is 2. The molecule has 13 heteroatoms. The van der Waals surface area contributed by atoms with Gasteiger partial charge in [-0.3, -0.25) is 4.79 Å². The highest BCUT2D eigenvalue weighted by Gasteiger charge is 2.36. The van der Waals surface area contributed by atoms with Crippen LogP contribution in [0.5, 0.6) is 0 Å². The third-order valence-corrected chi connectivity index (χ3v) is 8.53. The van der Waals surface area contributed by atoms with Crippen molar-refractivity contribution < 1.29 is 26.0 Å². The number of nitrogens with one attached hydrogen (secondary N) is 1. The molecule has 0 radical (unpaired) electrons. The van der Waals surface area contributed by atoms with E-state index in [9.17, 15) is 21.6 Å². The number of sulfonamides is 2. The van der Waals surface area contributed by atoms with Crippen LogP contribution in [0.15, 0.2) is 64.9 Å². The summed E-state index contributed by atoms with van der Waals surface area (Å²) in [6.45, 7) is 0.0975. The normalized spacial score (nSPS) is 16.9. The van der Waals surface area contributed by atoms with E-state index in [0.29, 0.717) is 9.21 Å². The van der Waals surface area contributed by atoms with Gasteiger partial charge in [-0.25, -0.2) is 26.4 Å². The van der Waals surface area contributed by atoms with Gasteiger partial charge in [-0.15, -0.1) is 11.3 Å². The monoisotopic (exact) mass is 555 g/mol. The van der Waals surface area contributed by atoms with Gasteiger partial charge in [0, 0.05) is 22.4 Å². The van der Waals surface area contributed by atoms with Gasteiger partial charge in [0.25, 0.3) is 0 Å². The summed E-state index contributed by atoms with van der Waals surface area (Å²) in [6, 6.07) is 12.1. The molecule has 1 atom stereocenters. The Morgan fingerprint density at radius 2 is 1.86 bits per heavy atom. The lowest BCUT2D eigenvalue weighted by Gasteiger charge is -2.19. The Morgan fingerprint density at radius 3 is 2.51 bits per heavy atom. The maximum Gasteiger partial charge on any atom is 0.245 e. The number of carbonyl (C=O) groups excluding carboxylic acids is 1. The number of thiophene rings is 1. The van der Waals surface area contributed by atoms with E-state index in [2.05, 4.69) is 4.72 Å². The molecule has 0 bridgehead atoms. The Labute approximate surface area is 210 Å². The highest BCUT2D eigenvalue weighted by atomic mass is 35.5. The van der Waals surface area contributed by atoms with Gasteiger partial charge in [-0.05, 0) is 48.4 Å². The zero-order valence-corrected chi connectivity index (χ0v) is 21.1. The minimum Gasteiger partial charge on any atom is -0.308 e. The number of benzene rings is 2. The molecule has 3 N–H and O–H groups in total. The lowest BCUT2D eigenvalue weighted by molar-refractivity contribution is -0.118. The first-order valence-electron chi connectivity index (χ1n) is 10.1. The Morgan fingerprint density at radius 1 is 1.11 bits per heavy atom. The van der Waals surface area contributed by atoms with E-state index in [1.165, 1.54) is 47.7 Å². The molecule has 1 aliphatic rings. The van der Waals surface area contributed by atoms with Crippen molar-refractivity contribution in [3.8, 4) is 11.1 Å². The van der Waals surface area contributed by atoms with Crippen LogP contribution >= 0.6 is 22.9 Å². The van der Waals surface area contributed by atoms with E-state index in [1.807, 2.05) is 0 Å². The van der Waals surface area contributed by atoms with Gasteiger partial charge in [0.15, 0.2) is 0 Å². The fourth-order valence-electron chi connectivity index (χ4n) is 3.69. The predicted octanol–water partition coefficient (Wildman–Crippen LogP) is 3.55. The largest absolute Gasteiger partial charge is 0.308 e. The van der Waals surface area contributed by atoms with E-state index in [4.69, 9.17) is 16.7 Å². The Balaban J connectivity index is 1.52. The maximum absolute atomic E-state index is 15.0. The molecule has 0 spiro atoms. The minimum absolute atomic E-state index is 0.0442. The molecule has 0 unspecified atom stereocenters. The summed E-state index contributed by atoms with van der Waals surface area (Å²) in [6.07, 6.45) is 1.51. The summed E-state index contributed by atoms with van der Waals surface area (Å²) >= 11 is 7.03. The van der Waals surface area contributed by atoms with Crippen LogP contribution in [-0.4, -0.2) is 35.3 Å². The Hall–Kier alpha value is -2.61. The number of amides is 1. The molecule has 0 aliphatic carbocycles. The second-order valence-electron chi connectivity index (χ2n) is 7.65. The van der Waals surface area contributed by atoms with Crippen LogP contribution in [0.1, 0.15) is 11.3 Å². The van der Waals surface area contributed by atoms with Crippen LogP contribution in [0, 0.1) is 5.82 Å². The molecule has 184 valence electrons. The number of primary sulfonamides is 1. The zero-order chi connectivity index (χ0) is 25.4. The highest BCUT2D eigenvalue weighted by Crippen LogP contribution is 2.32. The average Bonchev–Trinajstić information content (AvgIpc) is 3.37. The van der Waals surface area contributed by atoms with E-state index in [0.717, 1.165) is 16.4 Å². The lowest BCUT2D eigenvalue weighted by Crippen LogP contribution is -2.40. The van der Waals surface area contributed by atoms with Crippen LogP contribution in [0.2, 0.25) is 4.34 Å². The van der Waals surface area contributed by atoms with Crippen molar-refractivity contribution in [3.63, 3.8) is 0 Å². The standard InChI is InChI=1S/C22H19ClFN3O5S3/c23-21-8-6-15(33-21)10-12-34(29,30)26-18-9-11-27(22(18)28)19-7-5-14(13-17(19)24)16-3-1-2-4-20(16)35(25,31)32/h1-8,10,12-13,18,26H,9,11H2,(H2,25,31,32)/b12-10+/t18-/m0/s1. The van der Waals surface area contributed by atoms with Crippen molar-refractivity contribution in [1.29, 1.82) is 0 Å². The van der Waals surface area contributed by atoms with Crippen molar-refractivity contribution in [1.82, 2.24) is 4.72 Å². The number of carbonyl (C=O) groups is 1. The minimum atomic E-state index is -4.04. The number of nitrogens with two attached hydrogens (primary N) is 1. The number of hydrogen-bond donors (Lipinski definition) is 2. The number of rotatable bonds is 7. The third kappa shape index (κ3) is 5.80. The molecule has 1 fully saturated rings. The van der Waals surface area contributed by atoms with Crippen LogP contribution in [-0.2, 0) is 24.8 Å². The van der Waals surface area contributed by atoms with Gasteiger partial charge < -0.3 is 4.90 Å². The van der Waals surface area contributed by atoms with Crippen molar-refractivity contribution in [2.75, 3.05) is 11.4 Å². The summed E-state index contributed by atoms with van der Waals surface area (Å²) in [7, 11) is -7.98. The predicted molar refractivity (Wildman–Crippen MR) is 134 cm³/mol. The van der Waals surface area contributed by atoms with E-state index >= 15 is 4.39 Å². The van der Waals surface area contributed by atoms with Crippen molar-refractivity contribution >= 4 is 60.7 Å². The first-order valence-corrected chi connectivity index (χ1v) is 14.4. The molecule has 4 rings (SSSR count). The summed E-state index contributed by atoms with van der Waals surface area (Å²) in [5.74, 6) is -1.37. The molecular formula is C22H19ClFN3O5S3. The fraction of sp³-hybridized carbons (Fsp3) is 0.136. The maximum atomic E-state index is 15.0. The van der Waals surface area contributed by atoms with Crippen molar-refractivity contribution in [2.24, 2.45) is 5.14 Å². The van der Waals surface area contributed by atoms with E-state index < -0.39 is 37.8 Å². The molecule has 0 saturated carbocycles. The second kappa shape index (κ2) is 9.80. The first kappa shape index (κ1) is 25.5. The van der Waals surface area contributed by atoms with Gasteiger partial charge >= 0.3 is 0 Å². The van der Waals surface area contributed by atoms with E-state index in [-0.39, 0.29) is 34.7 Å². The summed E-state index contributed by atoms with van der Waals surface area (Å²) < 4.78 is 66.4. The summed E-state index contributed by atoms with van der Waals surface area (Å²) in [5, 5.41) is 6.21. The van der Waals surface area contributed by atoms with Gasteiger partial charge in [0.05, 0.1) is 14.9 Å². The number of nitrogens with zero attached hydrogens (tertiary/aromatic N) is 1. The molecule has 2 aromatic carbocycles. The molecule has 3 aromatic rings. The topological polar surface area (TPSA) is 127 Å². The Bertz CT molecular complexity index is 1540.